The summed E-state index contributed by atoms with van der Waals surface area (Å²) in [5.74, 6) is -0.671. The molecular formula is C23H22FN3O4S. The van der Waals surface area contributed by atoms with Crippen molar-refractivity contribution in [2.45, 2.75) is 11.8 Å². The number of nitrogens with one attached hydrogen (secondary N) is 1. The van der Waals surface area contributed by atoms with Gasteiger partial charge in [0.15, 0.2) is 0 Å². The molecule has 0 aromatic heterocycles. The molecule has 3 aromatic rings. The first-order chi connectivity index (χ1) is 15.3. The lowest BCUT2D eigenvalue weighted by Gasteiger charge is -2.24. The topological polar surface area (TPSA) is 88.1 Å². The van der Waals surface area contributed by atoms with Crippen molar-refractivity contribution in [3.63, 3.8) is 0 Å². The van der Waals surface area contributed by atoms with Crippen LogP contribution in [0.3, 0.4) is 0 Å². The molecule has 1 amide bonds. The zero-order chi connectivity index (χ0) is 23.1. The minimum atomic E-state index is -4.07. The Bertz CT molecular complexity index is 1210. The maximum absolute atomic E-state index is 13.7. The number of rotatable bonds is 8. The average molecular weight is 456 g/mol. The molecule has 0 spiro atoms. The van der Waals surface area contributed by atoms with Crippen molar-refractivity contribution in [2.75, 3.05) is 18.0 Å². The third-order valence-corrected chi connectivity index (χ3v) is 6.34. The van der Waals surface area contributed by atoms with Gasteiger partial charge in [-0.25, -0.2) is 18.2 Å². The van der Waals surface area contributed by atoms with Crippen LogP contribution in [0.1, 0.15) is 11.1 Å². The van der Waals surface area contributed by atoms with E-state index in [1.807, 2.05) is 6.92 Å². The van der Waals surface area contributed by atoms with E-state index in [2.05, 4.69) is 10.5 Å². The number of sulfonamides is 1. The lowest BCUT2D eigenvalue weighted by atomic mass is 10.2. The molecule has 3 rings (SSSR count). The third kappa shape index (κ3) is 5.50. The van der Waals surface area contributed by atoms with Crippen LogP contribution in [-0.2, 0) is 14.8 Å². The Morgan fingerprint density at radius 3 is 2.34 bits per heavy atom. The molecule has 0 radical (unpaired) electrons. The van der Waals surface area contributed by atoms with Crippen molar-refractivity contribution < 1.29 is 22.3 Å². The van der Waals surface area contributed by atoms with Crippen LogP contribution in [0.2, 0.25) is 0 Å². The quantitative estimate of drug-likeness (QED) is 0.416. The minimum Gasteiger partial charge on any atom is -0.497 e. The van der Waals surface area contributed by atoms with E-state index in [9.17, 15) is 17.6 Å². The monoisotopic (exact) mass is 455 g/mol. The van der Waals surface area contributed by atoms with Crippen LogP contribution in [0.25, 0.3) is 0 Å². The van der Waals surface area contributed by atoms with E-state index in [1.54, 1.807) is 30.3 Å². The molecule has 9 heteroatoms. The molecule has 0 fully saturated rings. The fourth-order valence-corrected chi connectivity index (χ4v) is 4.24. The smallest absolute Gasteiger partial charge is 0.264 e. The highest BCUT2D eigenvalue weighted by Crippen LogP contribution is 2.25. The van der Waals surface area contributed by atoms with Gasteiger partial charge in [-0.1, -0.05) is 35.9 Å². The normalized spacial score (nSPS) is 11.3. The summed E-state index contributed by atoms with van der Waals surface area (Å²) in [7, 11) is -2.59. The minimum absolute atomic E-state index is 0.00142. The first-order valence-electron chi connectivity index (χ1n) is 9.61. The van der Waals surface area contributed by atoms with Gasteiger partial charge in [0.2, 0.25) is 0 Å². The predicted molar refractivity (Wildman–Crippen MR) is 121 cm³/mol. The summed E-state index contributed by atoms with van der Waals surface area (Å²) in [4.78, 5) is 12.5. The molecule has 0 heterocycles. The number of amides is 1. The van der Waals surface area contributed by atoms with Gasteiger partial charge in [0, 0.05) is 5.56 Å². The molecule has 3 aromatic carbocycles. The van der Waals surface area contributed by atoms with Crippen molar-refractivity contribution in [1.82, 2.24) is 5.43 Å². The van der Waals surface area contributed by atoms with E-state index in [1.165, 1.54) is 49.6 Å². The van der Waals surface area contributed by atoms with Crippen LogP contribution in [0.5, 0.6) is 5.75 Å². The number of methoxy groups -OCH3 is 1. The zero-order valence-electron chi connectivity index (χ0n) is 17.5. The molecule has 0 atom stereocenters. The number of hydrogen-bond donors (Lipinski definition) is 1. The molecule has 0 saturated carbocycles. The number of hydrazone groups is 1. The molecule has 1 N–H and O–H groups in total. The van der Waals surface area contributed by atoms with Crippen LogP contribution >= 0.6 is 0 Å². The van der Waals surface area contributed by atoms with Crippen LogP contribution in [0.15, 0.2) is 82.8 Å². The van der Waals surface area contributed by atoms with Crippen molar-refractivity contribution in [3.05, 3.63) is 89.7 Å². The van der Waals surface area contributed by atoms with E-state index in [4.69, 9.17) is 4.74 Å². The van der Waals surface area contributed by atoms with Crippen molar-refractivity contribution in [1.29, 1.82) is 0 Å². The molecule has 0 aliphatic heterocycles. The Hall–Kier alpha value is -3.72. The molecule has 7 nitrogen and oxygen atoms in total. The zero-order valence-corrected chi connectivity index (χ0v) is 18.3. The summed E-state index contributed by atoms with van der Waals surface area (Å²) < 4.78 is 46.4. The third-order valence-electron chi connectivity index (χ3n) is 4.55. The Morgan fingerprint density at radius 1 is 1.06 bits per heavy atom. The van der Waals surface area contributed by atoms with Gasteiger partial charge < -0.3 is 4.74 Å². The van der Waals surface area contributed by atoms with Gasteiger partial charge >= 0.3 is 0 Å². The highest BCUT2D eigenvalue weighted by Gasteiger charge is 2.27. The van der Waals surface area contributed by atoms with E-state index in [0.29, 0.717) is 11.4 Å². The second-order valence-electron chi connectivity index (χ2n) is 6.84. The Kier molecular flexibility index (Phi) is 7.21. The van der Waals surface area contributed by atoms with E-state index in [-0.39, 0.29) is 10.5 Å². The van der Waals surface area contributed by atoms with Crippen LogP contribution in [-0.4, -0.2) is 34.2 Å². The van der Waals surface area contributed by atoms with Crippen molar-refractivity contribution >= 4 is 27.8 Å². The van der Waals surface area contributed by atoms with Crippen LogP contribution < -0.4 is 14.5 Å². The Labute approximate surface area is 186 Å². The number of ether oxygens (including phenoxy) is 1. The maximum Gasteiger partial charge on any atom is 0.264 e. The largest absolute Gasteiger partial charge is 0.497 e. The fraction of sp³-hybridized carbons (Fsp3) is 0.130. The molecule has 0 aliphatic carbocycles. The lowest BCUT2D eigenvalue weighted by molar-refractivity contribution is -0.119. The number of anilines is 1. The van der Waals surface area contributed by atoms with Gasteiger partial charge in [-0.3, -0.25) is 9.10 Å². The summed E-state index contributed by atoms with van der Waals surface area (Å²) in [6.45, 7) is 1.35. The second-order valence-corrected chi connectivity index (χ2v) is 8.70. The van der Waals surface area contributed by atoms with Gasteiger partial charge in [-0.2, -0.15) is 5.10 Å². The van der Waals surface area contributed by atoms with Crippen molar-refractivity contribution in [2.24, 2.45) is 5.10 Å². The number of halogens is 1. The molecule has 0 aliphatic rings. The maximum atomic E-state index is 13.7. The number of hydrogen-bond acceptors (Lipinski definition) is 5. The van der Waals surface area contributed by atoms with Gasteiger partial charge in [-0.15, -0.1) is 0 Å². The molecule has 0 unspecified atom stereocenters. The van der Waals surface area contributed by atoms with Gasteiger partial charge in [0.25, 0.3) is 15.9 Å². The molecule has 0 bridgehead atoms. The van der Waals surface area contributed by atoms with Gasteiger partial charge in [-0.05, 0) is 49.4 Å². The second kappa shape index (κ2) is 10.1. The number of carbonyl (C=O) groups excluding carboxylic acids is 1. The van der Waals surface area contributed by atoms with Crippen molar-refractivity contribution in [3.8, 4) is 5.75 Å². The van der Waals surface area contributed by atoms with Crippen LogP contribution in [0, 0.1) is 12.7 Å². The summed E-state index contributed by atoms with van der Waals surface area (Å²) in [5, 5.41) is 3.74. The number of benzene rings is 3. The highest BCUT2D eigenvalue weighted by atomic mass is 32.2. The van der Waals surface area contributed by atoms with Gasteiger partial charge in [0.1, 0.15) is 18.1 Å². The van der Waals surface area contributed by atoms with Crippen LogP contribution in [0.4, 0.5) is 10.1 Å². The lowest BCUT2D eigenvalue weighted by Crippen LogP contribution is -2.39. The first-order valence-corrected chi connectivity index (χ1v) is 11.0. The van der Waals surface area contributed by atoms with E-state index in [0.717, 1.165) is 16.1 Å². The van der Waals surface area contributed by atoms with E-state index >= 15 is 0 Å². The van der Waals surface area contributed by atoms with E-state index < -0.39 is 28.3 Å². The summed E-state index contributed by atoms with van der Waals surface area (Å²) in [6, 6.07) is 18.5. The van der Waals surface area contributed by atoms with Gasteiger partial charge in [0.05, 0.1) is 23.9 Å². The molecular weight excluding hydrogens is 433 g/mol. The highest BCUT2D eigenvalue weighted by molar-refractivity contribution is 7.92. The molecule has 32 heavy (non-hydrogen) atoms. The molecule has 166 valence electrons. The average Bonchev–Trinajstić information content (AvgIpc) is 2.79. The Balaban J connectivity index is 1.85. The fourth-order valence-electron chi connectivity index (χ4n) is 2.82. The summed E-state index contributed by atoms with van der Waals surface area (Å²) in [6.07, 6.45) is 1.15. The summed E-state index contributed by atoms with van der Waals surface area (Å²) >= 11 is 0. The predicted octanol–water partition coefficient (Wildman–Crippen LogP) is 3.49. The SMILES string of the molecule is COc1ccc(S(=O)(=O)N(CC(=O)N/N=C\c2ccccc2F)c2ccc(C)cc2)cc1. The number of aryl methyl sites for hydroxylation is 1. The Morgan fingerprint density at radius 2 is 1.72 bits per heavy atom. The first kappa shape index (κ1) is 23.0. The number of carbonyl (C=O) groups is 1. The number of nitrogens with zero attached hydrogens (tertiary/aromatic N) is 2. The molecule has 0 saturated heterocycles. The summed E-state index contributed by atoms with van der Waals surface area (Å²) in [5.41, 5.74) is 3.70. The standard InChI is InChI=1S/C23H22FN3O4S/c1-17-7-9-19(10-8-17)27(32(29,30)21-13-11-20(31-2)12-14-21)16-23(28)26-25-15-18-5-3-4-6-22(18)24/h3-15H,16H2,1-2H3,(H,26,28)/b25-15-.